The van der Waals surface area contributed by atoms with Crippen molar-refractivity contribution in [3.63, 3.8) is 0 Å². The van der Waals surface area contributed by atoms with E-state index < -0.39 is 0 Å². The molecule has 0 fully saturated rings. The summed E-state index contributed by atoms with van der Waals surface area (Å²) >= 11 is 0. The van der Waals surface area contributed by atoms with Crippen LogP contribution in [0.25, 0.3) is 0 Å². The molecule has 0 aromatic rings. The van der Waals surface area contributed by atoms with Gasteiger partial charge in [0.15, 0.2) is 0 Å². The molecule has 2 atom stereocenters. The highest BCUT2D eigenvalue weighted by atomic mass is 15.2. The lowest BCUT2D eigenvalue weighted by Crippen LogP contribution is -2.39. The predicted octanol–water partition coefficient (Wildman–Crippen LogP) is 3.79. The quantitative estimate of drug-likeness (QED) is 0.629. The second-order valence-corrected chi connectivity index (χ2v) is 5.23. The molecule has 0 aromatic heterocycles. The lowest BCUT2D eigenvalue weighted by Gasteiger charge is -2.34. The lowest BCUT2D eigenvalue weighted by atomic mass is 9.91. The van der Waals surface area contributed by atoms with Crippen molar-refractivity contribution in [3.05, 3.63) is 0 Å². The minimum Gasteiger partial charge on any atom is -0.299 e. The van der Waals surface area contributed by atoms with E-state index >= 15 is 0 Å². The average molecular weight is 199 g/mol. The molecule has 2 unspecified atom stereocenters. The van der Waals surface area contributed by atoms with Crippen molar-refractivity contribution < 1.29 is 0 Å². The Morgan fingerprint density at radius 1 is 0.929 bits per heavy atom. The zero-order chi connectivity index (χ0) is 11.3. The summed E-state index contributed by atoms with van der Waals surface area (Å²) in [5.74, 6) is 1.64. The fraction of sp³-hybridized carbons (Fsp3) is 1.00. The molecule has 0 amide bonds. The van der Waals surface area contributed by atoms with Crippen molar-refractivity contribution in [1.29, 1.82) is 0 Å². The van der Waals surface area contributed by atoms with Crippen molar-refractivity contribution in [2.24, 2.45) is 11.8 Å². The fourth-order valence-electron chi connectivity index (χ4n) is 2.13. The van der Waals surface area contributed by atoms with Gasteiger partial charge in [-0.15, -0.1) is 0 Å². The van der Waals surface area contributed by atoms with Gasteiger partial charge in [0.25, 0.3) is 0 Å². The van der Waals surface area contributed by atoms with Crippen LogP contribution in [-0.2, 0) is 0 Å². The summed E-state index contributed by atoms with van der Waals surface area (Å²) in [4.78, 5) is 2.58. The van der Waals surface area contributed by atoms with Crippen molar-refractivity contribution in [2.75, 3.05) is 6.54 Å². The van der Waals surface area contributed by atoms with Gasteiger partial charge in [-0.25, -0.2) is 0 Å². The van der Waals surface area contributed by atoms with Gasteiger partial charge in [-0.2, -0.15) is 0 Å². The minimum atomic E-state index is 0.675. The van der Waals surface area contributed by atoms with Gasteiger partial charge in [0.05, 0.1) is 0 Å². The normalized spacial score (nSPS) is 16.7. The van der Waals surface area contributed by atoms with Crippen LogP contribution in [0, 0.1) is 11.8 Å². The zero-order valence-corrected chi connectivity index (χ0v) is 11.2. The number of hydrogen-bond donors (Lipinski definition) is 0. The molecular formula is C13H29N. The number of nitrogens with zero attached hydrogens (tertiary/aromatic N) is 1. The van der Waals surface area contributed by atoms with Gasteiger partial charge in [-0.1, -0.05) is 27.7 Å². The highest BCUT2D eigenvalue weighted by Gasteiger charge is 2.18. The van der Waals surface area contributed by atoms with Crippen LogP contribution in [0.2, 0.25) is 0 Å². The number of hydrogen-bond acceptors (Lipinski definition) is 1. The molecule has 0 heterocycles. The molecule has 1 heteroatoms. The Morgan fingerprint density at radius 2 is 1.43 bits per heavy atom. The molecule has 0 N–H and O–H groups in total. The monoisotopic (exact) mass is 199 g/mol. The molecule has 0 aliphatic heterocycles. The average Bonchev–Trinajstić information content (AvgIpc) is 2.04. The summed E-state index contributed by atoms with van der Waals surface area (Å²) in [6.45, 7) is 17.4. The Balaban J connectivity index is 4.10. The molecule has 0 aliphatic carbocycles. The summed E-state index contributed by atoms with van der Waals surface area (Å²) in [5, 5.41) is 0. The molecule has 0 aromatic carbocycles. The summed E-state index contributed by atoms with van der Waals surface area (Å²) in [6, 6.07) is 1.40. The van der Waals surface area contributed by atoms with Crippen LogP contribution in [0.3, 0.4) is 0 Å². The Labute approximate surface area is 90.9 Å². The third-order valence-corrected chi connectivity index (χ3v) is 3.45. The SMILES string of the molecule is CCN(C(C)C)C(C)CC(C)C(C)C. The van der Waals surface area contributed by atoms with Crippen LogP contribution >= 0.6 is 0 Å². The van der Waals surface area contributed by atoms with E-state index in [4.69, 9.17) is 0 Å². The van der Waals surface area contributed by atoms with Crippen LogP contribution in [0.1, 0.15) is 54.9 Å². The van der Waals surface area contributed by atoms with Gasteiger partial charge in [0, 0.05) is 12.1 Å². The Kier molecular flexibility index (Phi) is 6.43. The highest BCUT2D eigenvalue weighted by Crippen LogP contribution is 2.20. The minimum absolute atomic E-state index is 0.675. The van der Waals surface area contributed by atoms with E-state index in [9.17, 15) is 0 Å². The van der Waals surface area contributed by atoms with Crippen LogP contribution in [-0.4, -0.2) is 23.5 Å². The smallest absolute Gasteiger partial charge is 0.00721 e. The van der Waals surface area contributed by atoms with Crippen LogP contribution in [0.5, 0.6) is 0 Å². The summed E-state index contributed by atoms with van der Waals surface area (Å²) in [6.07, 6.45) is 1.32. The first-order chi connectivity index (χ1) is 6.40. The molecule has 0 saturated heterocycles. The molecule has 0 saturated carbocycles. The first-order valence-corrected chi connectivity index (χ1v) is 6.15. The zero-order valence-electron chi connectivity index (χ0n) is 11.2. The fourth-order valence-corrected chi connectivity index (χ4v) is 2.13. The molecule has 86 valence electrons. The number of rotatable bonds is 6. The molecule has 14 heavy (non-hydrogen) atoms. The molecule has 0 bridgehead atoms. The van der Waals surface area contributed by atoms with Crippen LogP contribution < -0.4 is 0 Å². The lowest BCUT2D eigenvalue weighted by molar-refractivity contribution is 0.143. The largest absolute Gasteiger partial charge is 0.299 e. The van der Waals surface area contributed by atoms with Gasteiger partial charge < -0.3 is 0 Å². The Bertz CT molecular complexity index is 140. The maximum Gasteiger partial charge on any atom is 0.00721 e. The maximum absolute atomic E-state index is 2.58. The van der Waals surface area contributed by atoms with Gasteiger partial charge in [0.1, 0.15) is 0 Å². The van der Waals surface area contributed by atoms with Gasteiger partial charge in [-0.05, 0) is 45.6 Å². The van der Waals surface area contributed by atoms with E-state index in [1.54, 1.807) is 0 Å². The van der Waals surface area contributed by atoms with Crippen LogP contribution in [0.4, 0.5) is 0 Å². The van der Waals surface area contributed by atoms with Crippen molar-refractivity contribution in [3.8, 4) is 0 Å². The molecule has 1 nitrogen and oxygen atoms in total. The van der Waals surface area contributed by atoms with E-state index in [1.165, 1.54) is 13.0 Å². The summed E-state index contributed by atoms with van der Waals surface area (Å²) in [5.41, 5.74) is 0. The second kappa shape index (κ2) is 6.44. The third kappa shape index (κ3) is 4.45. The Morgan fingerprint density at radius 3 is 1.71 bits per heavy atom. The highest BCUT2D eigenvalue weighted by molar-refractivity contribution is 4.73. The van der Waals surface area contributed by atoms with Gasteiger partial charge in [0.2, 0.25) is 0 Å². The topological polar surface area (TPSA) is 3.24 Å². The van der Waals surface area contributed by atoms with Gasteiger partial charge >= 0.3 is 0 Å². The van der Waals surface area contributed by atoms with Crippen molar-refractivity contribution in [2.45, 2.75) is 67.0 Å². The van der Waals surface area contributed by atoms with E-state index in [0.717, 1.165) is 17.9 Å². The van der Waals surface area contributed by atoms with Crippen molar-refractivity contribution in [1.82, 2.24) is 4.90 Å². The first-order valence-electron chi connectivity index (χ1n) is 6.15. The third-order valence-electron chi connectivity index (χ3n) is 3.45. The molecule has 0 rings (SSSR count). The molecule has 0 radical (unpaired) electrons. The molecule has 0 aliphatic rings. The van der Waals surface area contributed by atoms with Gasteiger partial charge in [-0.3, -0.25) is 4.90 Å². The Hall–Kier alpha value is -0.0400. The maximum atomic E-state index is 2.58. The van der Waals surface area contributed by atoms with E-state index in [2.05, 4.69) is 53.4 Å². The van der Waals surface area contributed by atoms with Crippen molar-refractivity contribution >= 4 is 0 Å². The van der Waals surface area contributed by atoms with Crippen LogP contribution in [0.15, 0.2) is 0 Å². The summed E-state index contributed by atoms with van der Waals surface area (Å²) in [7, 11) is 0. The second-order valence-electron chi connectivity index (χ2n) is 5.23. The van der Waals surface area contributed by atoms with E-state index in [0.29, 0.717) is 6.04 Å². The summed E-state index contributed by atoms with van der Waals surface area (Å²) < 4.78 is 0. The predicted molar refractivity (Wildman–Crippen MR) is 65.6 cm³/mol. The van der Waals surface area contributed by atoms with E-state index in [1.807, 2.05) is 0 Å². The first kappa shape index (κ1) is 14.0. The standard InChI is InChI=1S/C13H29N/c1-8-14(11(4)5)13(7)9-12(6)10(2)3/h10-13H,8-9H2,1-7H3. The van der Waals surface area contributed by atoms with E-state index in [-0.39, 0.29) is 0 Å². The molecule has 0 spiro atoms. The molecular weight excluding hydrogens is 170 g/mol.